The van der Waals surface area contributed by atoms with Crippen LogP contribution in [0.2, 0.25) is 0 Å². The summed E-state index contributed by atoms with van der Waals surface area (Å²) in [6, 6.07) is 13.5. The number of aliphatic hydroxyl groups is 1. The van der Waals surface area contributed by atoms with Crippen LogP contribution in [0.4, 0.5) is 0 Å². The number of halogens is 1. The summed E-state index contributed by atoms with van der Waals surface area (Å²) in [5, 5.41) is 10.9. The molecule has 7 heteroatoms. The molecule has 0 spiro atoms. The molecule has 6 nitrogen and oxygen atoms in total. The number of ether oxygens (including phenoxy) is 2. The van der Waals surface area contributed by atoms with E-state index in [1.807, 2.05) is 24.3 Å². The van der Waals surface area contributed by atoms with Crippen molar-refractivity contribution in [1.29, 1.82) is 0 Å². The highest BCUT2D eigenvalue weighted by Crippen LogP contribution is 2.39. The van der Waals surface area contributed by atoms with Crippen molar-refractivity contribution in [2.75, 3.05) is 27.4 Å². The number of hydrogen-bond donors (Lipinski definition) is 1. The molecule has 146 valence electrons. The number of Topliss-reactive ketones (excluding diaryl/α,β-unsaturated/α-hetero) is 1. The topological polar surface area (TPSA) is 76.1 Å². The predicted molar refractivity (Wildman–Crippen MR) is 113 cm³/mol. The third kappa shape index (κ3) is 3.90. The van der Waals surface area contributed by atoms with E-state index in [-0.39, 0.29) is 24.5 Å². The Morgan fingerprint density at radius 1 is 1.07 bits per heavy atom. The number of carbonyl (C=O) groups is 2. The summed E-state index contributed by atoms with van der Waals surface area (Å²) in [4.78, 5) is 26.9. The zero-order chi connectivity index (χ0) is 20.3. The summed E-state index contributed by atoms with van der Waals surface area (Å²) in [7, 11) is 3.08. The van der Waals surface area contributed by atoms with Gasteiger partial charge in [0.1, 0.15) is 11.5 Å². The molecular weight excluding hydrogens is 473 g/mol. The largest absolute Gasteiger partial charge is 0.507 e. The molecule has 2 aromatic carbocycles. The van der Waals surface area contributed by atoms with E-state index in [0.717, 1.165) is 9.13 Å². The second-order valence-electron chi connectivity index (χ2n) is 6.27. The maximum atomic E-state index is 12.8. The van der Waals surface area contributed by atoms with Gasteiger partial charge in [-0.2, -0.15) is 0 Å². The number of amides is 1. The number of rotatable bonds is 6. The zero-order valence-electron chi connectivity index (χ0n) is 15.5. The lowest BCUT2D eigenvalue weighted by Gasteiger charge is -2.25. The smallest absolute Gasteiger partial charge is 0.295 e. The van der Waals surface area contributed by atoms with E-state index < -0.39 is 17.7 Å². The Morgan fingerprint density at radius 2 is 1.71 bits per heavy atom. The van der Waals surface area contributed by atoms with Crippen molar-refractivity contribution in [3.63, 3.8) is 0 Å². The number of nitrogens with zero attached hydrogens (tertiary/aromatic N) is 1. The van der Waals surface area contributed by atoms with Gasteiger partial charge in [0.05, 0.1) is 25.3 Å². The van der Waals surface area contributed by atoms with Gasteiger partial charge in [-0.15, -0.1) is 0 Å². The Bertz CT molecular complexity index is 905. The van der Waals surface area contributed by atoms with Gasteiger partial charge in [-0.3, -0.25) is 9.59 Å². The monoisotopic (exact) mass is 493 g/mol. The lowest BCUT2D eigenvalue weighted by atomic mass is 9.95. The number of carbonyl (C=O) groups excluding carboxylic acids is 2. The van der Waals surface area contributed by atoms with Crippen LogP contribution >= 0.6 is 22.6 Å². The molecule has 1 heterocycles. The summed E-state index contributed by atoms with van der Waals surface area (Å²) < 4.78 is 11.3. The Hall–Kier alpha value is -2.39. The normalized spacial score (nSPS) is 18.5. The average Bonchev–Trinajstić information content (AvgIpc) is 2.97. The zero-order valence-corrected chi connectivity index (χ0v) is 17.7. The minimum Gasteiger partial charge on any atom is -0.507 e. The molecule has 0 bridgehead atoms. The highest BCUT2D eigenvalue weighted by molar-refractivity contribution is 14.1. The van der Waals surface area contributed by atoms with E-state index in [0.29, 0.717) is 11.3 Å². The van der Waals surface area contributed by atoms with Crippen LogP contribution in [0.15, 0.2) is 54.1 Å². The van der Waals surface area contributed by atoms with Gasteiger partial charge in [0, 0.05) is 22.8 Å². The summed E-state index contributed by atoms with van der Waals surface area (Å²) in [6.07, 6.45) is 0. The number of benzene rings is 2. The maximum absolute atomic E-state index is 12.8. The molecule has 2 aromatic rings. The van der Waals surface area contributed by atoms with E-state index >= 15 is 0 Å². The van der Waals surface area contributed by atoms with Crippen LogP contribution in [0.3, 0.4) is 0 Å². The molecule has 0 aliphatic carbocycles. The van der Waals surface area contributed by atoms with Crippen LogP contribution in [0.5, 0.6) is 5.75 Å². The first-order valence-corrected chi connectivity index (χ1v) is 9.73. The first-order chi connectivity index (χ1) is 13.5. The van der Waals surface area contributed by atoms with Gasteiger partial charge < -0.3 is 19.5 Å². The van der Waals surface area contributed by atoms with Crippen molar-refractivity contribution in [2.45, 2.75) is 6.04 Å². The SMILES string of the molecule is COCCN1C(=O)C(=O)C(=C(O)c2ccc(OC)cc2)[C@H]1c1ccc(I)cc1. The molecule has 1 saturated heterocycles. The lowest BCUT2D eigenvalue weighted by molar-refractivity contribution is -0.140. The Morgan fingerprint density at radius 3 is 2.29 bits per heavy atom. The Labute approximate surface area is 176 Å². The molecule has 1 aliphatic heterocycles. The number of ketones is 1. The molecule has 3 rings (SSSR count). The fraction of sp³-hybridized carbons (Fsp3) is 0.238. The van der Waals surface area contributed by atoms with Crippen LogP contribution in [0.25, 0.3) is 5.76 Å². The highest BCUT2D eigenvalue weighted by Gasteiger charge is 2.45. The van der Waals surface area contributed by atoms with E-state index in [1.165, 1.54) is 12.0 Å². The average molecular weight is 493 g/mol. The van der Waals surface area contributed by atoms with Crippen LogP contribution in [0, 0.1) is 3.57 Å². The van der Waals surface area contributed by atoms with Gasteiger partial charge in [0.2, 0.25) is 0 Å². The van der Waals surface area contributed by atoms with E-state index in [9.17, 15) is 14.7 Å². The molecular formula is C21H20INO5. The number of hydrogen-bond acceptors (Lipinski definition) is 5. The summed E-state index contributed by atoms with van der Waals surface area (Å²) >= 11 is 2.19. The number of aliphatic hydroxyl groups excluding tert-OH is 1. The fourth-order valence-electron chi connectivity index (χ4n) is 3.20. The number of methoxy groups -OCH3 is 2. The van der Waals surface area contributed by atoms with Gasteiger partial charge in [-0.1, -0.05) is 12.1 Å². The molecule has 0 radical (unpaired) electrons. The van der Waals surface area contributed by atoms with Gasteiger partial charge in [0.25, 0.3) is 11.7 Å². The van der Waals surface area contributed by atoms with Gasteiger partial charge >= 0.3 is 0 Å². The molecule has 28 heavy (non-hydrogen) atoms. The molecule has 0 aromatic heterocycles. The molecule has 1 atom stereocenters. The summed E-state index contributed by atoms with van der Waals surface area (Å²) in [6.45, 7) is 0.535. The molecule has 1 aliphatic rings. The van der Waals surface area contributed by atoms with Gasteiger partial charge in [-0.05, 0) is 64.6 Å². The molecule has 1 N–H and O–H groups in total. The van der Waals surface area contributed by atoms with Crippen molar-refractivity contribution < 1.29 is 24.2 Å². The molecule has 0 unspecified atom stereocenters. The van der Waals surface area contributed by atoms with Crippen molar-refractivity contribution in [3.8, 4) is 5.75 Å². The molecule has 0 saturated carbocycles. The van der Waals surface area contributed by atoms with E-state index in [4.69, 9.17) is 9.47 Å². The minimum atomic E-state index is -0.701. The first kappa shape index (κ1) is 20.3. The van der Waals surface area contributed by atoms with Crippen LogP contribution in [-0.4, -0.2) is 49.1 Å². The maximum Gasteiger partial charge on any atom is 0.295 e. The Balaban J connectivity index is 2.12. The molecule has 1 amide bonds. The van der Waals surface area contributed by atoms with Crippen LogP contribution in [-0.2, 0) is 14.3 Å². The standard InChI is InChI=1S/C21H20INO5/c1-27-12-11-23-18(13-3-7-15(22)8-4-13)17(20(25)21(23)26)19(24)14-5-9-16(28-2)10-6-14/h3-10,18,24H,11-12H2,1-2H3/t18-/m1/s1. The van der Waals surface area contributed by atoms with Crippen molar-refractivity contribution in [2.24, 2.45) is 0 Å². The van der Waals surface area contributed by atoms with Crippen LogP contribution in [0.1, 0.15) is 17.2 Å². The third-order valence-electron chi connectivity index (χ3n) is 4.63. The molecule has 1 fully saturated rings. The minimum absolute atomic E-state index is 0.0764. The third-order valence-corrected chi connectivity index (χ3v) is 5.34. The Kier molecular flexibility index (Phi) is 6.35. The van der Waals surface area contributed by atoms with E-state index in [1.54, 1.807) is 31.4 Å². The van der Waals surface area contributed by atoms with Gasteiger partial charge in [0.15, 0.2) is 0 Å². The van der Waals surface area contributed by atoms with Crippen molar-refractivity contribution in [3.05, 3.63) is 68.8 Å². The quantitative estimate of drug-likeness (QED) is 0.289. The van der Waals surface area contributed by atoms with Gasteiger partial charge in [-0.25, -0.2) is 0 Å². The number of likely N-dealkylation sites (tertiary alicyclic amines) is 1. The predicted octanol–water partition coefficient (Wildman–Crippen LogP) is 3.37. The summed E-state index contributed by atoms with van der Waals surface area (Å²) in [5.74, 6) is -0.917. The van der Waals surface area contributed by atoms with Crippen LogP contribution < -0.4 is 4.74 Å². The fourth-order valence-corrected chi connectivity index (χ4v) is 3.56. The first-order valence-electron chi connectivity index (χ1n) is 8.65. The summed E-state index contributed by atoms with van der Waals surface area (Å²) in [5.41, 5.74) is 1.28. The van der Waals surface area contributed by atoms with Crippen molar-refractivity contribution >= 4 is 40.0 Å². The second-order valence-corrected chi connectivity index (χ2v) is 7.51. The van der Waals surface area contributed by atoms with Crippen molar-refractivity contribution in [1.82, 2.24) is 4.90 Å². The highest BCUT2D eigenvalue weighted by atomic mass is 127. The lowest BCUT2D eigenvalue weighted by Crippen LogP contribution is -2.32. The second kappa shape index (κ2) is 8.74. The van der Waals surface area contributed by atoms with E-state index in [2.05, 4.69) is 22.6 Å².